The molecule has 3 aromatic heterocycles. The Balaban J connectivity index is 1.48. The van der Waals surface area contributed by atoms with E-state index in [2.05, 4.69) is 10.2 Å². The highest BCUT2D eigenvalue weighted by Gasteiger charge is 2.29. The van der Waals surface area contributed by atoms with Gasteiger partial charge in [0.1, 0.15) is 5.82 Å². The second-order valence-electron chi connectivity index (χ2n) is 7.36. The molecule has 0 unspecified atom stereocenters. The summed E-state index contributed by atoms with van der Waals surface area (Å²) in [5, 5.41) is 8.44. The number of carbonyl (C=O) groups is 1. The Morgan fingerprint density at radius 1 is 1.10 bits per heavy atom. The number of aryl methyl sites for hydroxylation is 1. The average molecular weight is 429 g/mol. The standard InChI is InChI=1S/C21H15F4N5O/c1-28-20(11-6-15(23)19(25)16(24)7-11)13-4-5-29(10-17(13)27-28)21(31)14-8-26-30-9-12(22)2-3-18(14)30/h2-3,6-9H,4-5,10H2,1H3. The largest absolute Gasteiger partial charge is 0.332 e. The lowest BCUT2D eigenvalue weighted by molar-refractivity contribution is 0.0734. The predicted octanol–water partition coefficient (Wildman–Crippen LogP) is 3.49. The first kappa shape index (κ1) is 19.3. The molecule has 6 nitrogen and oxygen atoms in total. The summed E-state index contributed by atoms with van der Waals surface area (Å²) in [5.41, 5.74) is 2.81. The van der Waals surface area contributed by atoms with Gasteiger partial charge in [0.2, 0.25) is 0 Å². The van der Waals surface area contributed by atoms with Crippen LogP contribution in [0.25, 0.3) is 16.8 Å². The minimum absolute atomic E-state index is 0.178. The smallest absolute Gasteiger partial charge is 0.258 e. The van der Waals surface area contributed by atoms with E-state index in [0.29, 0.717) is 35.4 Å². The van der Waals surface area contributed by atoms with Crippen molar-refractivity contribution >= 4 is 11.4 Å². The summed E-state index contributed by atoms with van der Waals surface area (Å²) in [6.45, 7) is 0.530. The normalized spacial score (nSPS) is 13.6. The highest BCUT2D eigenvalue weighted by atomic mass is 19.2. The van der Waals surface area contributed by atoms with E-state index in [1.165, 1.54) is 33.7 Å². The van der Waals surface area contributed by atoms with Gasteiger partial charge >= 0.3 is 0 Å². The lowest BCUT2D eigenvalue weighted by Gasteiger charge is -2.26. The fraction of sp³-hybridized carbons (Fsp3) is 0.190. The van der Waals surface area contributed by atoms with Crippen LogP contribution in [0.1, 0.15) is 21.6 Å². The van der Waals surface area contributed by atoms with Crippen molar-refractivity contribution in [1.29, 1.82) is 0 Å². The van der Waals surface area contributed by atoms with Gasteiger partial charge in [0.05, 0.1) is 41.4 Å². The molecule has 0 aliphatic carbocycles. The molecule has 1 aromatic carbocycles. The van der Waals surface area contributed by atoms with E-state index in [0.717, 1.165) is 17.7 Å². The Morgan fingerprint density at radius 3 is 2.58 bits per heavy atom. The monoisotopic (exact) mass is 429 g/mol. The van der Waals surface area contributed by atoms with Gasteiger partial charge < -0.3 is 4.90 Å². The fourth-order valence-corrected chi connectivity index (χ4v) is 4.04. The van der Waals surface area contributed by atoms with Gasteiger partial charge in [0.15, 0.2) is 17.5 Å². The van der Waals surface area contributed by atoms with Gasteiger partial charge in [-0.05, 0) is 30.7 Å². The van der Waals surface area contributed by atoms with Crippen molar-refractivity contribution in [2.45, 2.75) is 13.0 Å². The average Bonchev–Trinajstić information content (AvgIpc) is 3.30. The molecule has 4 heterocycles. The maximum atomic E-state index is 13.7. The number of halogens is 4. The van der Waals surface area contributed by atoms with Crippen LogP contribution >= 0.6 is 0 Å². The first-order valence-electron chi connectivity index (χ1n) is 9.45. The quantitative estimate of drug-likeness (QED) is 0.362. The Labute approximate surface area is 173 Å². The van der Waals surface area contributed by atoms with E-state index in [4.69, 9.17) is 0 Å². The van der Waals surface area contributed by atoms with Crippen LogP contribution in [-0.2, 0) is 20.0 Å². The molecule has 0 N–H and O–H groups in total. The maximum absolute atomic E-state index is 13.7. The number of hydrogen-bond acceptors (Lipinski definition) is 3. The second kappa shape index (κ2) is 6.93. The molecule has 4 aromatic rings. The minimum atomic E-state index is -1.52. The SMILES string of the molecule is Cn1nc2c(c1-c1cc(F)c(F)c(F)c1)CCN(C(=O)c1cnn3cc(F)ccc13)C2. The molecule has 31 heavy (non-hydrogen) atoms. The first-order valence-corrected chi connectivity index (χ1v) is 9.45. The van der Waals surface area contributed by atoms with Crippen molar-refractivity contribution in [3.8, 4) is 11.3 Å². The van der Waals surface area contributed by atoms with Gasteiger partial charge in [-0.3, -0.25) is 9.48 Å². The number of benzene rings is 1. The molecule has 0 radical (unpaired) electrons. The van der Waals surface area contributed by atoms with E-state index in [1.54, 1.807) is 11.9 Å². The van der Waals surface area contributed by atoms with Crippen LogP contribution in [0.3, 0.4) is 0 Å². The lowest BCUT2D eigenvalue weighted by Crippen LogP contribution is -2.35. The van der Waals surface area contributed by atoms with Crippen LogP contribution in [0.4, 0.5) is 17.6 Å². The van der Waals surface area contributed by atoms with E-state index in [-0.39, 0.29) is 18.0 Å². The van der Waals surface area contributed by atoms with Crippen molar-refractivity contribution in [2.24, 2.45) is 7.05 Å². The number of fused-ring (bicyclic) bond motifs is 2. The van der Waals surface area contributed by atoms with Gasteiger partial charge in [0, 0.05) is 24.7 Å². The Bertz CT molecular complexity index is 1340. The number of hydrogen-bond donors (Lipinski definition) is 0. The topological polar surface area (TPSA) is 55.4 Å². The molecule has 10 heteroatoms. The lowest BCUT2D eigenvalue weighted by atomic mass is 9.99. The van der Waals surface area contributed by atoms with Crippen LogP contribution in [0.5, 0.6) is 0 Å². The molecule has 0 spiro atoms. The summed E-state index contributed by atoms with van der Waals surface area (Å²) in [7, 11) is 1.62. The number of pyridine rings is 1. The molecule has 0 fully saturated rings. The Morgan fingerprint density at radius 2 is 1.84 bits per heavy atom. The number of nitrogens with zero attached hydrogens (tertiary/aromatic N) is 5. The highest BCUT2D eigenvalue weighted by Crippen LogP contribution is 2.32. The molecule has 1 aliphatic rings. The molecule has 0 saturated heterocycles. The third-order valence-corrected chi connectivity index (χ3v) is 5.46. The number of amides is 1. The molecular formula is C21H15F4N5O. The summed E-state index contributed by atoms with van der Waals surface area (Å²) in [6, 6.07) is 4.62. The third kappa shape index (κ3) is 3.06. The van der Waals surface area contributed by atoms with Gasteiger partial charge in [-0.15, -0.1) is 0 Å². The summed E-state index contributed by atoms with van der Waals surface area (Å²) in [4.78, 5) is 14.7. The zero-order valence-corrected chi connectivity index (χ0v) is 16.2. The molecule has 0 saturated carbocycles. The fourth-order valence-electron chi connectivity index (χ4n) is 4.04. The van der Waals surface area contributed by atoms with E-state index in [9.17, 15) is 22.4 Å². The van der Waals surface area contributed by atoms with E-state index >= 15 is 0 Å². The zero-order valence-electron chi connectivity index (χ0n) is 16.2. The second-order valence-corrected chi connectivity index (χ2v) is 7.36. The van der Waals surface area contributed by atoms with Gasteiger partial charge in [-0.25, -0.2) is 22.1 Å². The van der Waals surface area contributed by atoms with Crippen LogP contribution < -0.4 is 0 Å². The van der Waals surface area contributed by atoms with E-state index < -0.39 is 23.3 Å². The van der Waals surface area contributed by atoms with Gasteiger partial charge in [0.25, 0.3) is 5.91 Å². The first-order chi connectivity index (χ1) is 14.8. The highest BCUT2D eigenvalue weighted by molar-refractivity contribution is 6.00. The zero-order chi connectivity index (χ0) is 21.9. The maximum Gasteiger partial charge on any atom is 0.258 e. The molecule has 0 bridgehead atoms. The van der Waals surface area contributed by atoms with Crippen LogP contribution in [0.2, 0.25) is 0 Å². The molecule has 0 atom stereocenters. The number of carbonyl (C=O) groups excluding carboxylic acids is 1. The van der Waals surface area contributed by atoms with Crippen molar-refractivity contribution in [2.75, 3.05) is 6.54 Å². The summed E-state index contributed by atoms with van der Waals surface area (Å²) >= 11 is 0. The molecular weight excluding hydrogens is 414 g/mol. The number of aromatic nitrogens is 4. The van der Waals surface area contributed by atoms with E-state index in [1.807, 2.05) is 0 Å². The van der Waals surface area contributed by atoms with Crippen LogP contribution in [-0.4, -0.2) is 36.7 Å². The van der Waals surface area contributed by atoms with Crippen molar-refractivity contribution < 1.29 is 22.4 Å². The third-order valence-electron chi connectivity index (χ3n) is 5.46. The Kier molecular flexibility index (Phi) is 4.31. The molecule has 1 amide bonds. The van der Waals surface area contributed by atoms with Crippen LogP contribution in [0.15, 0.2) is 36.7 Å². The van der Waals surface area contributed by atoms with Crippen molar-refractivity contribution in [3.63, 3.8) is 0 Å². The molecule has 5 rings (SSSR count). The Hall–Kier alpha value is -3.69. The summed E-state index contributed by atoms with van der Waals surface area (Å²) in [5.74, 6) is -4.82. The van der Waals surface area contributed by atoms with Gasteiger partial charge in [-0.1, -0.05) is 0 Å². The minimum Gasteiger partial charge on any atom is -0.332 e. The molecule has 158 valence electrons. The van der Waals surface area contributed by atoms with Gasteiger partial charge in [-0.2, -0.15) is 10.2 Å². The summed E-state index contributed by atoms with van der Waals surface area (Å²) in [6.07, 6.45) is 2.98. The molecule has 1 aliphatic heterocycles. The van der Waals surface area contributed by atoms with Crippen molar-refractivity contribution in [1.82, 2.24) is 24.3 Å². The number of rotatable bonds is 2. The summed E-state index contributed by atoms with van der Waals surface area (Å²) < 4.78 is 57.0. The predicted molar refractivity (Wildman–Crippen MR) is 102 cm³/mol. The van der Waals surface area contributed by atoms with Crippen LogP contribution in [0, 0.1) is 23.3 Å². The van der Waals surface area contributed by atoms with Crippen molar-refractivity contribution in [3.05, 3.63) is 76.7 Å².